The van der Waals surface area contributed by atoms with E-state index < -0.39 is 0 Å². The van der Waals surface area contributed by atoms with Crippen LogP contribution in [-0.4, -0.2) is 0 Å². The molecule has 0 aliphatic heterocycles. The smallest absolute Gasteiger partial charge is 0.0351 e. The lowest BCUT2D eigenvalue weighted by Gasteiger charge is -2.26. The van der Waals surface area contributed by atoms with Gasteiger partial charge < -0.3 is 0 Å². The van der Waals surface area contributed by atoms with E-state index in [-0.39, 0.29) is 0 Å². The molecule has 0 saturated heterocycles. The second-order valence-corrected chi connectivity index (χ2v) is 6.48. The molecule has 0 saturated carbocycles. The van der Waals surface area contributed by atoms with Crippen molar-refractivity contribution in [3.8, 4) is 0 Å². The van der Waals surface area contributed by atoms with Crippen LogP contribution in [0.5, 0.6) is 0 Å². The summed E-state index contributed by atoms with van der Waals surface area (Å²) >= 11 is 0. The molecule has 0 radical (unpaired) electrons. The first-order valence-corrected chi connectivity index (χ1v) is 7.51. The van der Waals surface area contributed by atoms with Gasteiger partial charge in [-0.3, -0.25) is 0 Å². The molecule has 4 atom stereocenters. The van der Waals surface area contributed by atoms with Gasteiger partial charge in [-0.1, -0.05) is 60.5 Å². The Labute approximate surface area is 110 Å². The third-order valence-electron chi connectivity index (χ3n) is 4.82. The Balaban J connectivity index is 3.89. The van der Waals surface area contributed by atoms with Crippen LogP contribution >= 0.6 is 0 Å². The molecule has 0 heteroatoms. The van der Waals surface area contributed by atoms with Crippen LogP contribution in [0.1, 0.15) is 67.2 Å². The lowest BCUT2D eigenvalue weighted by molar-refractivity contribution is 0.245. The first-order chi connectivity index (χ1) is 7.90. The average Bonchev–Trinajstić information content (AvgIpc) is 2.31. The Morgan fingerprint density at radius 2 is 1.24 bits per heavy atom. The van der Waals surface area contributed by atoms with E-state index in [1.165, 1.54) is 25.7 Å². The Morgan fingerprint density at radius 3 is 1.71 bits per heavy atom. The summed E-state index contributed by atoms with van der Waals surface area (Å²) < 4.78 is 0. The van der Waals surface area contributed by atoms with Gasteiger partial charge in [-0.2, -0.15) is 0 Å². The standard InChI is InChI=1S/C17H34/c1-8-9-10-14(4)15(5)11-12-16(6)17(7)13(2)3/h8,13-17H,1,9-12H2,2-7H3. The first-order valence-electron chi connectivity index (χ1n) is 7.51. The van der Waals surface area contributed by atoms with Gasteiger partial charge in [-0.05, 0) is 42.4 Å². The number of rotatable bonds is 9. The minimum atomic E-state index is 0.818. The maximum Gasteiger partial charge on any atom is -0.0351 e. The zero-order chi connectivity index (χ0) is 13.4. The SMILES string of the molecule is C=CCCC(C)C(C)CCC(C)C(C)C(C)C. The van der Waals surface area contributed by atoms with Crippen LogP contribution in [-0.2, 0) is 0 Å². The summed E-state index contributed by atoms with van der Waals surface area (Å²) in [5, 5.41) is 0. The van der Waals surface area contributed by atoms with Crippen molar-refractivity contribution in [3.63, 3.8) is 0 Å². The molecule has 0 nitrogen and oxygen atoms in total. The fourth-order valence-electron chi connectivity index (χ4n) is 2.40. The van der Waals surface area contributed by atoms with Gasteiger partial charge in [-0.15, -0.1) is 6.58 Å². The van der Waals surface area contributed by atoms with E-state index >= 15 is 0 Å². The van der Waals surface area contributed by atoms with Crippen molar-refractivity contribution >= 4 is 0 Å². The van der Waals surface area contributed by atoms with Crippen LogP contribution in [0.3, 0.4) is 0 Å². The summed E-state index contributed by atoms with van der Waals surface area (Å²) in [6, 6.07) is 0. The molecule has 0 bridgehead atoms. The van der Waals surface area contributed by atoms with Crippen molar-refractivity contribution in [1.82, 2.24) is 0 Å². The summed E-state index contributed by atoms with van der Waals surface area (Å²) in [7, 11) is 0. The fourth-order valence-corrected chi connectivity index (χ4v) is 2.40. The molecule has 102 valence electrons. The molecule has 0 spiro atoms. The maximum atomic E-state index is 3.81. The van der Waals surface area contributed by atoms with Crippen LogP contribution in [0, 0.1) is 29.6 Å². The lowest BCUT2D eigenvalue weighted by Crippen LogP contribution is -2.16. The average molecular weight is 238 g/mol. The van der Waals surface area contributed by atoms with E-state index in [0.717, 1.165) is 29.6 Å². The van der Waals surface area contributed by atoms with Gasteiger partial charge in [0.2, 0.25) is 0 Å². The van der Waals surface area contributed by atoms with Crippen molar-refractivity contribution < 1.29 is 0 Å². The van der Waals surface area contributed by atoms with Crippen molar-refractivity contribution in [3.05, 3.63) is 12.7 Å². The third-order valence-corrected chi connectivity index (χ3v) is 4.82. The molecule has 0 amide bonds. The van der Waals surface area contributed by atoms with Crippen LogP contribution < -0.4 is 0 Å². The first kappa shape index (κ1) is 16.7. The molecule has 0 aromatic carbocycles. The molecule has 4 unspecified atom stereocenters. The summed E-state index contributed by atoms with van der Waals surface area (Å²) in [5.41, 5.74) is 0. The molecular formula is C17H34. The van der Waals surface area contributed by atoms with Crippen molar-refractivity contribution in [2.24, 2.45) is 29.6 Å². The third kappa shape index (κ3) is 6.91. The Kier molecular flexibility index (Phi) is 8.64. The number of hydrogen-bond acceptors (Lipinski definition) is 0. The maximum absolute atomic E-state index is 3.81. The predicted molar refractivity (Wildman–Crippen MR) is 80.2 cm³/mol. The minimum absolute atomic E-state index is 0.818. The van der Waals surface area contributed by atoms with E-state index in [1.54, 1.807) is 0 Å². The molecule has 0 heterocycles. The van der Waals surface area contributed by atoms with E-state index in [4.69, 9.17) is 0 Å². The van der Waals surface area contributed by atoms with E-state index in [9.17, 15) is 0 Å². The molecule has 0 aliphatic carbocycles. The van der Waals surface area contributed by atoms with Gasteiger partial charge in [0.15, 0.2) is 0 Å². The van der Waals surface area contributed by atoms with Crippen molar-refractivity contribution in [2.75, 3.05) is 0 Å². The van der Waals surface area contributed by atoms with Crippen molar-refractivity contribution in [1.29, 1.82) is 0 Å². The molecule has 17 heavy (non-hydrogen) atoms. The second-order valence-electron chi connectivity index (χ2n) is 6.48. The predicted octanol–water partition coefficient (Wildman–Crippen LogP) is 5.93. The lowest BCUT2D eigenvalue weighted by atomic mass is 9.80. The quantitative estimate of drug-likeness (QED) is 0.436. The summed E-state index contributed by atoms with van der Waals surface area (Å²) in [6.45, 7) is 18.1. The highest BCUT2D eigenvalue weighted by Gasteiger charge is 2.18. The monoisotopic (exact) mass is 238 g/mol. The van der Waals surface area contributed by atoms with Gasteiger partial charge in [0.1, 0.15) is 0 Å². The Bertz CT molecular complexity index is 192. The number of allylic oxidation sites excluding steroid dienone is 1. The largest absolute Gasteiger partial charge is 0.103 e. The normalized spacial score (nSPS) is 18.8. The molecule has 0 aromatic rings. The van der Waals surface area contributed by atoms with Gasteiger partial charge in [-0.25, -0.2) is 0 Å². The van der Waals surface area contributed by atoms with Gasteiger partial charge in [0.25, 0.3) is 0 Å². The molecular weight excluding hydrogens is 204 g/mol. The summed E-state index contributed by atoms with van der Waals surface area (Å²) in [4.78, 5) is 0. The molecule has 0 fully saturated rings. The zero-order valence-corrected chi connectivity index (χ0v) is 13.0. The van der Waals surface area contributed by atoms with E-state index in [2.05, 4.69) is 48.1 Å². The zero-order valence-electron chi connectivity index (χ0n) is 13.0. The summed E-state index contributed by atoms with van der Waals surface area (Å²) in [6.07, 6.45) is 7.30. The number of hydrogen-bond donors (Lipinski definition) is 0. The van der Waals surface area contributed by atoms with Crippen LogP contribution in [0.25, 0.3) is 0 Å². The Morgan fingerprint density at radius 1 is 0.765 bits per heavy atom. The van der Waals surface area contributed by atoms with Crippen molar-refractivity contribution in [2.45, 2.75) is 67.2 Å². The molecule has 0 N–H and O–H groups in total. The topological polar surface area (TPSA) is 0 Å². The Hall–Kier alpha value is -0.260. The fraction of sp³-hybridized carbons (Fsp3) is 0.882. The van der Waals surface area contributed by atoms with Gasteiger partial charge in [0, 0.05) is 0 Å². The minimum Gasteiger partial charge on any atom is -0.103 e. The van der Waals surface area contributed by atoms with Crippen LogP contribution in [0.15, 0.2) is 12.7 Å². The highest BCUT2D eigenvalue weighted by atomic mass is 14.2. The second kappa shape index (κ2) is 8.78. The molecule has 0 aromatic heterocycles. The highest BCUT2D eigenvalue weighted by Crippen LogP contribution is 2.28. The summed E-state index contributed by atoms with van der Waals surface area (Å²) in [5.74, 6) is 4.24. The molecule has 0 rings (SSSR count). The van der Waals surface area contributed by atoms with Gasteiger partial charge in [0.05, 0.1) is 0 Å². The van der Waals surface area contributed by atoms with Gasteiger partial charge >= 0.3 is 0 Å². The van der Waals surface area contributed by atoms with E-state index in [1.807, 2.05) is 6.08 Å². The van der Waals surface area contributed by atoms with Crippen LogP contribution in [0.2, 0.25) is 0 Å². The van der Waals surface area contributed by atoms with Crippen LogP contribution in [0.4, 0.5) is 0 Å². The highest BCUT2D eigenvalue weighted by molar-refractivity contribution is 4.72. The van der Waals surface area contributed by atoms with E-state index in [0.29, 0.717) is 0 Å². The molecule has 0 aliphatic rings.